The summed E-state index contributed by atoms with van der Waals surface area (Å²) in [6, 6.07) is 0. The topological polar surface area (TPSA) is 91.3 Å². The molecular formula is C12H18FN3O3. The lowest BCUT2D eigenvalue weighted by Gasteiger charge is -2.32. The molecule has 2 rings (SSSR count). The number of aliphatic imine (C=N–C) groups is 1. The second kappa shape index (κ2) is 4.92. The van der Waals surface area contributed by atoms with Crippen LogP contribution in [0.4, 0.5) is 4.39 Å². The monoisotopic (exact) mass is 271 g/mol. The predicted molar refractivity (Wildman–Crippen MR) is 67.6 cm³/mol. The van der Waals surface area contributed by atoms with Crippen molar-refractivity contribution in [1.29, 1.82) is 0 Å². The summed E-state index contributed by atoms with van der Waals surface area (Å²) in [6.07, 6.45) is 1.41. The number of ether oxygens (including phenoxy) is 1. The van der Waals surface area contributed by atoms with E-state index in [0.717, 1.165) is 0 Å². The van der Waals surface area contributed by atoms with Crippen molar-refractivity contribution < 1.29 is 19.3 Å². The van der Waals surface area contributed by atoms with E-state index in [-0.39, 0.29) is 0 Å². The van der Waals surface area contributed by atoms with Crippen LogP contribution in [0, 0.1) is 5.92 Å². The molecule has 0 aliphatic carbocycles. The molecule has 2 aliphatic heterocycles. The van der Waals surface area contributed by atoms with Crippen LogP contribution in [0.3, 0.4) is 0 Å². The number of nitrogens with zero attached hydrogens (tertiary/aromatic N) is 2. The van der Waals surface area contributed by atoms with Gasteiger partial charge in [0.25, 0.3) is 0 Å². The van der Waals surface area contributed by atoms with Gasteiger partial charge in [-0.15, -0.1) is 0 Å². The van der Waals surface area contributed by atoms with Crippen molar-refractivity contribution in [2.75, 3.05) is 13.3 Å². The third-order valence-corrected chi connectivity index (χ3v) is 3.57. The van der Waals surface area contributed by atoms with Crippen molar-refractivity contribution in [2.45, 2.75) is 24.9 Å². The minimum absolute atomic E-state index is 0.311. The first-order valence-electron chi connectivity index (χ1n) is 5.97. The summed E-state index contributed by atoms with van der Waals surface area (Å²) in [4.78, 5) is 5.56. The Balaban J connectivity index is 2.24. The predicted octanol–water partition coefficient (Wildman–Crippen LogP) is -0.302. The molecule has 2 heterocycles. The molecule has 0 saturated carbocycles. The highest BCUT2D eigenvalue weighted by molar-refractivity contribution is 5.92. The number of rotatable bonds is 3. The molecule has 0 aromatic heterocycles. The van der Waals surface area contributed by atoms with Gasteiger partial charge in [0.2, 0.25) is 0 Å². The third kappa shape index (κ3) is 2.13. The third-order valence-electron chi connectivity index (χ3n) is 3.57. The summed E-state index contributed by atoms with van der Waals surface area (Å²) < 4.78 is 18.7. The Morgan fingerprint density at radius 3 is 2.84 bits per heavy atom. The number of nitrogens with two attached hydrogens (primary N) is 1. The maximum absolute atomic E-state index is 13.1. The Hall–Kier alpha value is -1.44. The van der Waals surface area contributed by atoms with E-state index < -0.39 is 37.1 Å². The second-order valence-electron chi connectivity index (χ2n) is 4.84. The van der Waals surface area contributed by atoms with Crippen LogP contribution in [0.2, 0.25) is 0 Å². The maximum Gasteiger partial charge on any atom is 0.148 e. The smallest absolute Gasteiger partial charge is 0.148 e. The molecule has 0 aromatic carbocycles. The van der Waals surface area contributed by atoms with Gasteiger partial charge in [0.1, 0.15) is 30.2 Å². The zero-order valence-electron chi connectivity index (χ0n) is 10.7. The normalized spacial score (nSPS) is 38.7. The van der Waals surface area contributed by atoms with Gasteiger partial charge in [0, 0.05) is 12.1 Å². The molecular weight excluding hydrogens is 253 g/mol. The molecule has 0 amide bonds. The molecule has 7 heteroatoms. The van der Waals surface area contributed by atoms with Crippen LogP contribution < -0.4 is 5.73 Å². The van der Waals surface area contributed by atoms with Gasteiger partial charge in [-0.25, -0.2) is 9.38 Å². The van der Waals surface area contributed by atoms with E-state index in [9.17, 15) is 14.6 Å². The zero-order chi connectivity index (χ0) is 14.2. The van der Waals surface area contributed by atoms with Crippen molar-refractivity contribution in [3.63, 3.8) is 0 Å². The van der Waals surface area contributed by atoms with Crippen molar-refractivity contribution >= 4 is 5.84 Å². The van der Waals surface area contributed by atoms with E-state index >= 15 is 0 Å². The van der Waals surface area contributed by atoms with Crippen LogP contribution in [0.5, 0.6) is 0 Å². The van der Waals surface area contributed by atoms with Crippen LogP contribution in [0.1, 0.15) is 6.92 Å². The standard InChI is InChI=1S/C12H18FN3O3/c1-7-10(18)12(5-13,6-17)19-11(7)16-4-3-9(14)15-8(16)2/h3-4,7,10-11,17-18H,2,5-6H2,1H3,(H2,14,15)/t7-,10-,11+,12+/m0/s1. The average Bonchev–Trinajstić information content (AvgIpc) is 2.64. The maximum atomic E-state index is 13.1. The summed E-state index contributed by atoms with van der Waals surface area (Å²) in [5.74, 6) is 0.238. The number of aliphatic hydroxyl groups is 2. The SMILES string of the molecule is C=C1N=C(N)C=CN1[C@@H]1O[C@@](CO)(CF)[C@@H](O)[C@@H]1C. The van der Waals surface area contributed by atoms with Crippen LogP contribution in [-0.4, -0.2) is 52.2 Å². The van der Waals surface area contributed by atoms with Gasteiger partial charge in [-0.2, -0.15) is 0 Å². The molecule has 0 radical (unpaired) electrons. The van der Waals surface area contributed by atoms with Crippen LogP contribution in [-0.2, 0) is 4.74 Å². The molecule has 0 aromatic rings. The lowest BCUT2D eigenvalue weighted by atomic mass is 9.92. The highest BCUT2D eigenvalue weighted by Crippen LogP contribution is 2.38. The fourth-order valence-corrected chi connectivity index (χ4v) is 2.36. The van der Waals surface area contributed by atoms with Crippen molar-refractivity contribution in [1.82, 2.24) is 4.90 Å². The first kappa shape index (κ1) is 14.0. The van der Waals surface area contributed by atoms with Gasteiger partial charge < -0.3 is 25.6 Å². The number of aliphatic hydroxyl groups excluding tert-OH is 2. The molecule has 4 N–H and O–H groups in total. The van der Waals surface area contributed by atoms with Gasteiger partial charge in [-0.05, 0) is 6.08 Å². The highest BCUT2D eigenvalue weighted by Gasteiger charge is 2.54. The summed E-state index contributed by atoms with van der Waals surface area (Å²) in [5.41, 5.74) is 3.95. The average molecular weight is 271 g/mol. The number of hydrogen-bond donors (Lipinski definition) is 3. The molecule has 19 heavy (non-hydrogen) atoms. The quantitative estimate of drug-likeness (QED) is 0.655. The van der Waals surface area contributed by atoms with Gasteiger partial charge in [-0.3, -0.25) is 0 Å². The summed E-state index contributed by atoms with van der Waals surface area (Å²) in [7, 11) is 0. The molecule has 0 bridgehead atoms. The lowest BCUT2D eigenvalue weighted by molar-refractivity contribution is -0.142. The fourth-order valence-electron chi connectivity index (χ4n) is 2.36. The molecule has 1 fully saturated rings. The van der Waals surface area contributed by atoms with E-state index in [2.05, 4.69) is 11.6 Å². The Bertz CT molecular complexity index is 434. The fraction of sp³-hybridized carbons (Fsp3) is 0.583. The van der Waals surface area contributed by atoms with E-state index in [1.165, 1.54) is 0 Å². The van der Waals surface area contributed by atoms with Crippen LogP contribution in [0.25, 0.3) is 0 Å². The van der Waals surface area contributed by atoms with Crippen molar-refractivity contribution in [2.24, 2.45) is 16.6 Å². The minimum atomic E-state index is -1.59. The van der Waals surface area contributed by atoms with E-state index in [0.29, 0.717) is 11.7 Å². The number of amidine groups is 1. The van der Waals surface area contributed by atoms with Gasteiger partial charge in [0.05, 0.1) is 12.7 Å². The molecule has 1 saturated heterocycles. The molecule has 0 unspecified atom stereocenters. The van der Waals surface area contributed by atoms with Crippen molar-refractivity contribution in [3.8, 4) is 0 Å². The van der Waals surface area contributed by atoms with Crippen LogP contribution >= 0.6 is 0 Å². The second-order valence-corrected chi connectivity index (χ2v) is 4.84. The largest absolute Gasteiger partial charge is 0.393 e. The first-order valence-corrected chi connectivity index (χ1v) is 5.97. The van der Waals surface area contributed by atoms with Gasteiger partial charge in [-0.1, -0.05) is 13.5 Å². The van der Waals surface area contributed by atoms with E-state index in [4.69, 9.17) is 10.5 Å². The Morgan fingerprint density at radius 2 is 2.37 bits per heavy atom. The molecule has 4 atom stereocenters. The van der Waals surface area contributed by atoms with Crippen molar-refractivity contribution in [3.05, 3.63) is 24.7 Å². The Morgan fingerprint density at radius 1 is 1.68 bits per heavy atom. The summed E-state index contributed by atoms with van der Waals surface area (Å²) >= 11 is 0. The Kier molecular flexibility index (Phi) is 3.62. The summed E-state index contributed by atoms with van der Waals surface area (Å²) in [6.45, 7) is 3.88. The van der Waals surface area contributed by atoms with Crippen LogP contribution in [0.15, 0.2) is 29.7 Å². The lowest BCUT2D eigenvalue weighted by Crippen LogP contribution is -2.46. The minimum Gasteiger partial charge on any atom is -0.393 e. The number of alkyl halides is 1. The Labute approximate surface area is 110 Å². The zero-order valence-corrected chi connectivity index (χ0v) is 10.7. The molecule has 2 aliphatic rings. The summed E-state index contributed by atoms with van der Waals surface area (Å²) in [5, 5.41) is 19.4. The number of halogens is 1. The number of hydrogen-bond acceptors (Lipinski definition) is 6. The van der Waals surface area contributed by atoms with E-state index in [1.54, 1.807) is 24.1 Å². The molecule has 6 nitrogen and oxygen atoms in total. The van der Waals surface area contributed by atoms with Gasteiger partial charge in [0.15, 0.2) is 0 Å². The van der Waals surface area contributed by atoms with Gasteiger partial charge >= 0.3 is 0 Å². The van der Waals surface area contributed by atoms with E-state index in [1.807, 2.05) is 0 Å². The highest BCUT2D eigenvalue weighted by atomic mass is 19.1. The molecule has 106 valence electrons. The first-order chi connectivity index (χ1) is 8.95. The molecule has 0 spiro atoms.